The smallest absolute Gasteiger partial charge is 0.279 e. The minimum Gasteiger partial charge on any atom is -0.395 e. The zero-order chi connectivity index (χ0) is 33.1. The van der Waals surface area contributed by atoms with Crippen molar-refractivity contribution in [1.29, 1.82) is 0 Å². The number of hydrogen-bond acceptors (Lipinski definition) is 5. The van der Waals surface area contributed by atoms with Crippen molar-refractivity contribution >= 4 is 17.5 Å². The molecular formula is C37H73N2O5+. The van der Waals surface area contributed by atoms with Crippen molar-refractivity contribution in [3.63, 3.8) is 0 Å². The fourth-order valence-corrected chi connectivity index (χ4v) is 6.15. The first-order chi connectivity index (χ1) is 21.1. The molecule has 0 fully saturated rings. The molecule has 0 aromatic carbocycles. The third-order valence-electron chi connectivity index (χ3n) is 8.86. The van der Waals surface area contributed by atoms with Crippen LogP contribution in [0.25, 0.3) is 0 Å². The molecule has 2 N–H and O–H groups in total. The lowest BCUT2D eigenvalue weighted by atomic mass is 9.82. The van der Waals surface area contributed by atoms with Crippen LogP contribution in [-0.2, 0) is 14.4 Å². The number of quaternary nitrogens is 1. The molecule has 0 unspecified atom stereocenters. The van der Waals surface area contributed by atoms with Crippen molar-refractivity contribution < 1.29 is 29.1 Å². The van der Waals surface area contributed by atoms with E-state index in [0.29, 0.717) is 17.3 Å². The van der Waals surface area contributed by atoms with Crippen LogP contribution >= 0.6 is 0 Å². The second-order valence-corrected chi connectivity index (χ2v) is 14.2. The van der Waals surface area contributed by atoms with Gasteiger partial charge in [0.15, 0.2) is 23.7 Å². The molecule has 0 heterocycles. The molecule has 0 bridgehead atoms. The second-order valence-electron chi connectivity index (χ2n) is 14.2. The SMILES string of the molecule is CCCCCCCCCCCCCC(=O)C(CO)(C(=O)CCCCCCCCCCCCC)N(CCO)C(=O)C[N+](C)(C)C. The number of β-amino-alcohol motifs (C(OH)–C–C–N with tert-alkyl or cyclic N) is 1. The zero-order valence-electron chi connectivity index (χ0n) is 29.8. The van der Waals surface area contributed by atoms with Crippen LogP contribution in [0, 0.1) is 0 Å². The molecule has 0 aliphatic carbocycles. The number of likely N-dealkylation sites (N-methyl/N-ethyl adjacent to an activating group) is 1. The van der Waals surface area contributed by atoms with Crippen molar-refractivity contribution in [2.24, 2.45) is 0 Å². The molecular weight excluding hydrogens is 552 g/mol. The first-order valence-electron chi connectivity index (χ1n) is 18.5. The number of aliphatic hydroxyl groups is 2. The Morgan fingerprint density at radius 1 is 0.545 bits per heavy atom. The van der Waals surface area contributed by atoms with E-state index in [1.54, 1.807) is 0 Å². The highest BCUT2D eigenvalue weighted by molar-refractivity contribution is 6.14. The van der Waals surface area contributed by atoms with Gasteiger partial charge in [0.25, 0.3) is 5.91 Å². The average Bonchev–Trinajstić information content (AvgIpc) is 2.97. The lowest BCUT2D eigenvalue weighted by Gasteiger charge is -2.41. The monoisotopic (exact) mass is 626 g/mol. The van der Waals surface area contributed by atoms with Gasteiger partial charge < -0.3 is 19.6 Å². The van der Waals surface area contributed by atoms with Gasteiger partial charge in [-0.15, -0.1) is 0 Å². The molecule has 0 aromatic heterocycles. The molecule has 0 saturated heterocycles. The van der Waals surface area contributed by atoms with Crippen LogP contribution in [0.3, 0.4) is 0 Å². The third kappa shape index (κ3) is 19.3. The number of Topliss-reactive ketones (excluding diaryl/α,β-unsaturated/α-hetero) is 2. The van der Waals surface area contributed by atoms with Crippen molar-refractivity contribution in [2.45, 2.75) is 173 Å². The minimum atomic E-state index is -1.91. The van der Waals surface area contributed by atoms with E-state index in [9.17, 15) is 24.6 Å². The fraction of sp³-hybridized carbons (Fsp3) is 0.919. The van der Waals surface area contributed by atoms with E-state index in [0.717, 1.165) is 38.5 Å². The highest BCUT2D eigenvalue weighted by Crippen LogP contribution is 2.26. The minimum absolute atomic E-state index is 0.0686. The Bertz CT molecular complexity index is 696. The second kappa shape index (κ2) is 26.9. The van der Waals surface area contributed by atoms with Crippen LogP contribution in [0.4, 0.5) is 0 Å². The van der Waals surface area contributed by atoms with E-state index in [1.165, 1.54) is 94.8 Å². The summed E-state index contributed by atoms with van der Waals surface area (Å²) in [4.78, 5) is 42.3. The topological polar surface area (TPSA) is 94.9 Å². The van der Waals surface area contributed by atoms with E-state index < -0.39 is 12.1 Å². The number of hydrogen-bond donors (Lipinski definition) is 2. The molecule has 0 aromatic rings. The summed E-state index contributed by atoms with van der Waals surface area (Å²) in [5.74, 6) is -1.15. The van der Waals surface area contributed by atoms with Gasteiger partial charge in [0, 0.05) is 19.4 Å². The van der Waals surface area contributed by atoms with E-state index in [1.807, 2.05) is 21.1 Å². The summed E-state index contributed by atoms with van der Waals surface area (Å²) in [6, 6.07) is 0. The predicted octanol–water partition coefficient (Wildman–Crippen LogP) is 7.79. The third-order valence-corrected chi connectivity index (χ3v) is 8.86. The maximum atomic E-state index is 13.8. The summed E-state index contributed by atoms with van der Waals surface area (Å²) in [5, 5.41) is 20.6. The molecule has 0 spiro atoms. The van der Waals surface area contributed by atoms with Crippen LogP contribution in [0.5, 0.6) is 0 Å². The lowest BCUT2D eigenvalue weighted by Crippen LogP contribution is -2.66. The molecule has 0 atom stereocenters. The molecule has 1 amide bonds. The Labute approximate surface area is 272 Å². The fourth-order valence-electron chi connectivity index (χ4n) is 6.15. The van der Waals surface area contributed by atoms with Crippen molar-refractivity contribution in [1.82, 2.24) is 4.90 Å². The Morgan fingerprint density at radius 3 is 1.14 bits per heavy atom. The van der Waals surface area contributed by atoms with Crippen molar-refractivity contribution in [2.75, 3.05) is 47.4 Å². The summed E-state index contributed by atoms with van der Waals surface area (Å²) in [5.41, 5.74) is -1.91. The van der Waals surface area contributed by atoms with Gasteiger partial charge in [-0.25, -0.2) is 0 Å². The van der Waals surface area contributed by atoms with Gasteiger partial charge in [-0.1, -0.05) is 142 Å². The molecule has 0 rings (SSSR count). The Morgan fingerprint density at radius 2 is 0.864 bits per heavy atom. The number of carbonyl (C=O) groups is 3. The van der Waals surface area contributed by atoms with Crippen molar-refractivity contribution in [3.05, 3.63) is 0 Å². The van der Waals surface area contributed by atoms with Gasteiger partial charge in [0.05, 0.1) is 34.4 Å². The molecule has 0 radical (unpaired) electrons. The van der Waals surface area contributed by atoms with Gasteiger partial charge in [-0.05, 0) is 12.8 Å². The van der Waals surface area contributed by atoms with Crippen LogP contribution in [0.15, 0.2) is 0 Å². The van der Waals surface area contributed by atoms with Crippen LogP contribution in [0.1, 0.15) is 168 Å². The predicted molar refractivity (Wildman–Crippen MR) is 184 cm³/mol. The van der Waals surface area contributed by atoms with Gasteiger partial charge in [0.2, 0.25) is 0 Å². The Hall–Kier alpha value is -1.31. The van der Waals surface area contributed by atoms with Gasteiger partial charge in [0.1, 0.15) is 0 Å². The molecule has 260 valence electrons. The van der Waals surface area contributed by atoms with Crippen LogP contribution in [0.2, 0.25) is 0 Å². The molecule has 44 heavy (non-hydrogen) atoms. The summed E-state index contributed by atoms with van der Waals surface area (Å²) >= 11 is 0. The Kier molecular flexibility index (Phi) is 26.1. The number of nitrogens with zero attached hydrogens (tertiary/aromatic N) is 2. The standard InChI is InChI=1S/C37H73N2O5/c1-6-8-10-12-14-16-18-20-22-24-26-28-34(42)37(33-41,38(30-31-40)36(44)32-39(3,4)5)35(43)29-27-25-23-21-19-17-15-13-11-9-7-2/h40-41H,6-33H2,1-5H3/q+1. The summed E-state index contributed by atoms with van der Waals surface area (Å²) in [6.45, 7) is 3.29. The summed E-state index contributed by atoms with van der Waals surface area (Å²) < 4.78 is 0.321. The maximum absolute atomic E-state index is 13.8. The first kappa shape index (κ1) is 42.7. The number of amides is 1. The molecule has 0 saturated carbocycles. The average molecular weight is 626 g/mol. The number of aliphatic hydroxyl groups excluding tert-OH is 2. The van der Waals surface area contributed by atoms with Gasteiger partial charge >= 0.3 is 0 Å². The van der Waals surface area contributed by atoms with E-state index in [4.69, 9.17) is 0 Å². The normalized spacial score (nSPS) is 12.1. The first-order valence-corrected chi connectivity index (χ1v) is 18.5. The van der Waals surface area contributed by atoms with Crippen LogP contribution in [-0.4, -0.2) is 90.1 Å². The quantitative estimate of drug-likeness (QED) is 0.0452. The Balaban J connectivity index is 5.12. The lowest BCUT2D eigenvalue weighted by molar-refractivity contribution is -0.862. The number of carbonyl (C=O) groups excluding carboxylic acids is 3. The zero-order valence-corrected chi connectivity index (χ0v) is 29.8. The van der Waals surface area contributed by atoms with E-state index in [-0.39, 0.29) is 50.0 Å². The molecule has 0 aliphatic rings. The summed E-state index contributed by atoms with van der Waals surface area (Å²) in [7, 11) is 5.61. The number of ketones is 2. The highest BCUT2D eigenvalue weighted by Gasteiger charge is 2.51. The number of unbranched alkanes of at least 4 members (excludes halogenated alkanes) is 20. The summed E-state index contributed by atoms with van der Waals surface area (Å²) in [6.07, 6.45) is 25.7. The maximum Gasteiger partial charge on any atom is 0.279 e. The largest absolute Gasteiger partial charge is 0.395 e. The van der Waals surface area contributed by atoms with Crippen molar-refractivity contribution in [3.8, 4) is 0 Å². The molecule has 7 heteroatoms. The molecule has 7 nitrogen and oxygen atoms in total. The van der Waals surface area contributed by atoms with E-state index >= 15 is 0 Å². The van der Waals surface area contributed by atoms with Gasteiger partial charge in [-0.3, -0.25) is 14.4 Å². The van der Waals surface area contributed by atoms with E-state index in [2.05, 4.69) is 13.8 Å². The number of rotatable bonds is 32. The highest BCUT2D eigenvalue weighted by atomic mass is 16.3. The van der Waals surface area contributed by atoms with Crippen LogP contribution < -0.4 is 0 Å². The van der Waals surface area contributed by atoms with Gasteiger partial charge in [-0.2, -0.15) is 0 Å². The molecule has 0 aliphatic heterocycles.